The van der Waals surface area contributed by atoms with E-state index in [0.717, 1.165) is 55.7 Å². The van der Waals surface area contributed by atoms with Gasteiger partial charge in [-0.05, 0) is 74.0 Å². The van der Waals surface area contributed by atoms with Gasteiger partial charge in [-0.1, -0.05) is 12.1 Å². The van der Waals surface area contributed by atoms with E-state index in [-0.39, 0.29) is 37.1 Å². The van der Waals surface area contributed by atoms with E-state index in [1.165, 1.54) is 16.8 Å². The summed E-state index contributed by atoms with van der Waals surface area (Å²) in [6.45, 7) is 9.06. The van der Waals surface area contributed by atoms with Crippen molar-refractivity contribution in [3.63, 3.8) is 0 Å². The fourth-order valence-corrected chi connectivity index (χ4v) is 6.41. The van der Waals surface area contributed by atoms with Crippen LogP contribution in [0.5, 0.6) is 5.75 Å². The van der Waals surface area contributed by atoms with E-state index < -0.39 is 23.5 Å². The number of piperazine rings is 1. The van der Waals surface area contributed by atoms with Gasteiger partial charge in [0.05, 0.1) is 31.9 Å². The lowest BCUT2D eigenvalue weighted by Crippen LogP contribution is -2.46. The Morgan fingerprint density at radius 3 is 2.24 bits per heavy atom. The summed E-state index contributed by atoms with van der Waals surface area (Å²) < 4.78 is 50.1. The molecule has 0 spiro atoms. The van der Waals surface area contributed by atoms with Crippen molar-refractivity contribution in [1.82, 2.24) is 19.4 Å². The maximum absolute atomic E-state index is 14.9. The molecule has 0 N–H and O–H groups in total. The van der Waals surface area contributed by atoms with Crippen LogP contribution in [0.1, 0.15) is 31.9 Å². The van der Waals surface area contributed by atoms with Crippen molar-refractivity contribution < 1.29 is 23.0 Å². The molecule has 2 fully saturated rings. The van der Waals surface area contributed by atoms with E-state index >= 15 is 0 Å². The molecule has 2 saturated heterocycles. The third kappa shape index (κ3) is 6.88. The van der Waals surface area contributed by atoms with Gasteiger partial charge in [-0.15, -0.1) is 0 Å². The summed E-state index contributed by atoms with van der Waals surface area (Å²) in [5.74, 6) is -2.20. The summed E-state index contributed by atoms with van der Waals surface area (Å²) in [5, 5.41) is 14.0. The molecular weight excluding hydrogens is 634 g/mol. The zero-order valence-electron chi connectivity index (χ0n) is 27.6. The van der Waals surface area contributed by atoms with Crippen molar-refractivity contribution in [2.45, 2.75) is 38.2 Å². The minimum absolute atomic E-state index is 0.102. The molecule has 3 aliphatic rings. The van der Waals surface area contributed by atoms with E-state index in [0.29, 0.717) is 18.8 Å². The lowest BCUT2D eigenvalue weighted by molar-refractivity contribution is -0.192. The zero-order chi connectivity index (χ0) is 34.0. The Bertz CT molecular complexity index is 1820. The molecule has 0 bridgehead atoms. The van der Waals surface area contributed by atoms with Crippen molar-refractivity contribution in [2.75, 3.05) is 68.8 Å². The first-order chi connectivity index (χ1) is 23.8. The highest BCUT2D eigenvalue weighted by Crippen LogP contribution is 2.38. The molecule has 3 atom stereocenters. The maximum atomic E-state index is 14.9. The van der Waals surface area contributed by atoms with Crippen LogP contribution in [0.15, 0.2) is 88.2 Å². The monoisotopic (exact) mass is 674 g/mol. The van der Waals surface area contributed by atoms with Gasteiger partial charge in [0, 0.05) is 55.2 Å². The highest BCUT2D eigenvalue weighted by Gasteiger charge is 2.47. The number of hydrogen-bond donors (Lipinski definition) is 0. The third-order valence-corrected chi connectivity index (χ3v) is 9.38. The van der Waals surface area contributed by atoms with Crippen molar-refractivity contribution in [3.05, 3.63) is 101 Å². The highest BCUT2D eigenvalue weighted by molar-refractivity contribution is 5.54. The van der Waals surface area contributed by atoms with Crippen molar-refractivity contribution in [1.29, 1.82) is 0 Å². The van der Waals surface area contributed by atoms with Crippen LogP contribution >= 0.6 is 0 Å². The molecule has 0 saturated carbocycles. The van der Waals surface area contributed by atoms with Gasteiger partial charge in [0.1, 0.15) is 36.4 Å². The molecule has 0 amide bonds. The van der Waals surface area contributed by atoms with Crippen LogP contribution in [-0.2, 0) is 15.3 Å². The Kier molecular flexibility index (Phi) is 9.32. The second-order valence-corrected chi connectivity index (χ2v) is 12.6. The molecule has 49 heavy (non-hydrogen) atoms. The number of halogens is 2. The van der Waals surface area contributed by atoms with Gasteiger partial charge >= 0.3 is 5.69 Å². The number of anilines is 2. The summed E-state index contributed by atoms with van der Waals surface area (Å²) in [4.78, 5) is 17.5. The van der Waals surface area contributed by atoms with Crippen molar-refractivity contribution >= 4 is 11.4 Å². The molecule has 3 aliphatic heterocycles. The molecule has 4 heterocycles. The van der Waals surface area contributed by atoms with E-state index in [1.54, 1.807) is 15.9 Å². The van der Waals surface area contributed by atoms with E-state index in [1.807, 2.05) is 55.5 Å². The minimum atomic E-state index is -1.46. The number of nitrogens with zero attached hydrogens (tertiary/aromatic N) is 8. The fraction of sp³-hybridized carbons (Fsp3) is 0.429. The van der Waals surface area contributed by atoms with Gasteiger partial charge < -0.3 is 24.0 Å². The smallest absolute Gasteiger partial charge is 0.350 e. The second kappa shape index (κ2) is 14.0. The van der Waals surface area contributed by atoms with Gasteiger partial charge in [0.15, 0.2) is 0 Å². The molecular formula is C35H40F2N8O4. The molecule has 1 aromatic heterocycles. The zero-order valence-corrected chi connectivity index (χ0v) is 27.6. The average Bonchev–Trinajstić information content (AvgIpc) is 3.88. The van der Waals surface area contributed by atoms with Crippen LogP contribution in [0, 0.1) is 11.6 Å². The summed E-state index contributed by atoms with van der Waals surface area (Å²) in [6, 6.07) is 19.4. The normalized spacial score (nSPS) is 21.5. The second-order valence-electron chi connectivity index (χ2n) is 12.6. The third-order valence-electron chi connectivity index (χ3n) is 9.38. The van der Waals surface area contributed by atoms with Gasteiger partial charge in [-0.25, -0.2) is 13.6 Å². The molecule has 4 aromatic rings. The molecule has 0 aliphatic carbocycles. The van der Waals surface area contributed by atoms with Crippen LogP contribution in [0.2, 0.25) is 0 Å². The highest BCUT2D eigenvalue weighted by atomic mass is 19.1. The first kappa shape index (κ1) is 32.7. The minimum Gasteiger partial charge on any atom is -0.491 e. The molecule has 3 aromatic carbocycles. The lowest BCUT2D eigenvalue weighted by Gasteiger charge is -2.37. The first-order valence-corrected chi connectivity index (χ1v) is 16.7. The summed E-state index contributed by atoms with van der Waals surface area (Å²) >= 11 is 0. The molecule has 3 unspecified atom stereocenters. The molecule has 14 heteroatoms. The molecule has 258 valence electrons. The number of ether oxygens (including phenoxy) is 3. The number of rotatable bonds is 11. The molecule has 7 rings (SSSR count). The number of benzene rings is 3. The van der Waals surface area contributed by atoms with Crippen LogP contribution in [0.4, 0.5) is 20.2 Å². The predicted octanol–water partition coefficient (Wildman–Crippen LogP) is 4.94. The quantitative estimate of drug-likeness (QED) is 0.221. The predicted molar refractivity (Wildman–Crippen MR) is 179 cm³/mol. The summed E-state index contributed by atoms with van der Waals surface area (Å²) in [7, 11) is 0. The van der Waals surface area contributed by atoms with Crippen LogP contribution in [0.25, 0.3) is 5.69 Å². The SMILES string of the molecule is CCC(C)n1cnn(-c2ccc(N3CCN(c4ccc(OCC5COC(CN6CCN=N6)(c6ccc(F)cc6F)O5)cc4)CC3)cc2)c1=O. The van der Waals surface area contributed by atoms with Crippen molar-refractivity contribution in [3.8, 4) is 11.4 Å². The van der Waals surface area contributed by atoms with Crippen LogP contribution in [0.3, 0.4) is 0 Å². The molecule has 0 radical (unpaired) electrons. The topological polar surface area (TPSA) is 102 Å². The van der Waals surface area contributed by atoms with Gasteiger partial charge in [-0.3, -0.25) is 9.58 Å². The number of aromatic nitrogens is 3. The van der Waals surface area contributed by atoms with Gasteiger partial charge in [0.2, 0.25) is 5.79 Å². The van der Waals surface area contributed by atoms with Crippen molar-refractivity contribution in [2.24, 2.45) is 10.3 Å². The fourth-order valence-electron chi connectivity index (χ4n) is 6.41. The van der Waals surface area contributed by atoms with E-state index in [4.69, 9.17) is 14.2 Å². The summed E-state index contributed by atoms with van der Waals surface area (Å²) in [5.41, 5.74) is 2.94. The Hall–Kier alpha value is -4.82. The van der Waals surface area contributed by atoms with Gasteiger partial charge in [0.25, 0.3) is 0 Å². The van der Waals surface area contributed by atoms with E-state index in [2.05, 4.69) is 32.2 Å². The van der Waals surface area contributed by atoms with E-state index in [9.17, 15) is 13.6 Å². The Morgan fingerprint density at radius 2 is 1.61 bits per heavy atom. The van der Waals surface area contributed by atoms with Crippen LogP contribution in [-0.4, -0.2) is 84.5 Å². The maximum Gasteiger partial charge on any atom is 0.350 e. The molecule has 12 nitrogen and oxygen atoms in total. The first-order valence-electron chi connectivity index (χ1n) is 16.7. The van der Waals surface area contributed by atoms with Gasteiger partial charge in [-0.2, -0.15) is 14.9 Å². The number of hydrogen-bond acceptors (Lipinski definition) is 10. The Balaban J connectivity index is 0.920. The summed E-state index contributed by atoms with van der Waals surface area (Å²) in [6.07, 6.45) is 1.99. The largest absolute Gasteiger partial charge is 0.491 e. The standard InChI is InChI=1S/C35H40F2N8O4/c1-3-25(2)44-24-39-45(34(44)46)29-7-5-27(6-8-29)41-16-18-42(19-17-41)28-9-11-30(12-10-28)47-21-31-22-48-35(49-31,23-43-15-14-38-40-43)32-13-4-26(36)20-33(32)37/h4-13,20,24-25,31H,3,14-19,21-23H2,1-2H3. The Labute approximate surface area is 283 Å². The lowest BCUT2D eigenvalue weighted by atomic mass is 10.0. The van der Waals surface area contributed by atoms with Crippen LogP contribution < -0.4 is 20.2 Å². The Morgan fingerprint density at radius 1 is 0.939 bits per heavy atom. The average molecular weight is 675 g/mol.